The summed E-state index contributed by atoms with van der Waals surface area (Å²) in [6.07, 6.45) is -1.23. The fourth-order valence-electron chi connectivity index (χ4n) is 1.26. The van der Waals surface area contributed by atoms with Gasteiger partial charge in [-0.05, 0) is 25.1 Å². The summed E-state index contributed by atoms with van der Waals surface area (Å²) in [4.78, 5) is 34.1. The van der Waals surface area contributed by atoms with Gasteiger partial charge in [0.15, 0.2) is 6.10 Å². The number of halogens is 1. The lowest BCUT2D eigenvalue weighted by Crippen LogP contribution is -2.43. The predicted molar refractivity (Wildman–Crippen MR) is 68.3 cm³/mol. The number of carbonyl (C=O) groups is 3. The van der Waals surface area contributed by atoms with E-state index < -0.39 is 29.8 Å². The first-order chi connectivity index (χ1) is 9.35. The lowest BCUT2D eigenvalue weighted by molar-refractivity contribution is -0.127. The van der Waals surface area contributed by atoms with Crippen molar-refractivity contribution in [2.24, 2.45) is 0 Å². The van der Waals surface area contributed by atoms with Crippen molar-refractivity contribution < 1.29 is 23.5 Å². The summed E-state index contributed by atoms with van der Waals surface area (Å²) < 4.78 is 17.8. The number of amides is 3. The van der Waals surface area contributed by atoms with Gasteiger partial charge in [0.05, 0.1) is 5.56 Å². The highest BCUT2D eigenvalue weighted by atomic mass is 19.1. The Morgan fingerprint density at radius 2 is 2.00 bits per heavy atom. The zero-order valence-electron chi connectivity index (χ0n) is 10.9. The lowest BCUT2D eigenvalue weighted by Gasteiger charge is -2.13. The molecular formula is C12H14FN3O4. The third-order valence-corrected chi connectivity index (χ3v) is 2.35. The number of imide groups is 1. The van der Waals surface area contributed by atoms with Crippen molar-refractivity contribution >= 4 is 23.6 Å². The summed E-state index contributed by atoms with van der Waals surface area (Å²) in [5, 5.41) is 4.11. The Hall–Kier alpha value is -2.64. The van der Waals surface area contributed by atoms with Gasteiger partial charge in [-0.1, -0.05) is 0 Å². The van der Waals surface area contributed by atoms with Crippen LogP contribution in [0.15, 0.2) is 18.2 Å². The second-order valence-corrected chi connectivity index (χ2v) is 3.85. The number of nitrogens with two attached hydrogens (primary N) is 1. The molecule has 4 N–H and O–H groups in total. The molecule has 1 unspecified atom stereocenters. The largest absolute Gasteiger partial charge is 0.449 e. The van der Waals surface area contributed by atoms with Crippen molar-refractivity contribution in [2.75, 3.05) is 12.8 Å². The summed E-state index contributed by atoms with van der Waals surface area (Å²) in [5.41, 5.74) is 5.35. The van der Waals surface area contributed by atoms with Crippen LogP contribution in [-0.2, 0) is 9.53 Å². The quantitative estimate of drug-likeness (QED) is 0.549. The molecule has 0 saturated carbocycles. The third-order valence-electron chi connectivity index (χ3n) is 2.35. The Bertz CT molecular complexity index is 548. The van der Waals surface area contributed by atoms with Gasteiger partial charge in [0.25, 0.3) is 5.91 Å². The van der Waals surface area contributed by atoms with E-state index in [9.17, 15) is 18.8 Å². The second-order valence-electron chi connectivity index (χ2n) is 3.85. The van der Waals surface area contributed by atoms with E-state index in [1.165, 1.54) is 20.0 Å². The average molecular weight is 283 g/mol. The molecule has 1 atom stereocenters. The molecule has 7 nitrogen and oxygen atoms in total. The van der Waals surface area contributed by atoms with Gasteiger partial charge in [-0.15, -0.1) is 0 Å². The molecule has 0 spiro atoms. The molecule has 1 aromatic rings. The van der Waals surface area contributed by atoms with Crippen molar-refractivity contribution in [3.63, 3.8) is 0 Å². The topological polar surface area (TPSA) is 111 Å². The summed E-state index contributed by atoms with van der Waals surface area (Å²) in [6.45, 7) is 1.27. The standard InChI is InChI=1S/C12H14FN3O4/c1-6(10(17)16-12(19)15-2)20-11(18)8-5-7(13)3-4-9(8)14/h3-6H,14H2,1-2H3,(H2,15,16,17,19). The van der Waals surface area contributed by atoms with Gasteiger partial charge in [-0.25, -0.2) is 14.0 Å². The molecular weight excluding hydrogens is 269 g/mol. The maximum absolute atomic E-state index is 13.0. The normalized spacial score (nSPS) is 11.3. The Morgan fingerprint density at radius 3 is 2.60 bits per heavy atom. The van der Waals surface area contributed by atoms with E-state index in [4.69, 9.17) is 10.5 Å². The first-order valence-electron chi connectivity index (χ1n) is 5.63. The number of urea groups is 1. The van der Waals surface area contributed by atoms with Crippen LogP contribution in [0, 0.1) is 5.82 Å². The highest BCUT2D eigenvalue weighted by Gasteiger charge is 2.21. The lowest BCUT2D eigenvalue weighted by atomic mass is 10.2. The predicted octanol–water partition coefficient (Wildman–Crippen LogP) is 0.409. The van der Waals surface area contributed by atoms with Gasteiger partial charge < -0.3 is 15.8 Å². The molecule has 0 fully saturated rings. The summed E-state index contributed by atoms with van der Waals surface area (Å²) in [5.74, 6) is -2.43. The van der Waals surface area contributed by atoms with E-state index in [2.05, 4.69) is 5.32 Å². The number of hydrogen-bond acceptors (Lipinski definition) is 5. The summed E-state index contributed by atoms with van der Waals surface area (Å²) in [7, 11) is 1.33. The Labute approximate surface area is 114 Å². The fourth-order valence-corrected chi connectivity index (χ4v) is 1.26. The Morgan fingerprint density at radius 1 is 1.35 bits per heavy atom. The van der Waals surface area contributed by atoms with Crippen LogP contribution < -0.4 is 16.4 Å². The summed E-state index contributed by atoms with van der Waals surface area (Å²) >= 11 is 0. The van der Waals surface area contributed by atoms with E-state index in [0.717, 1.165) is 12.1 Å². The fraction of sp³-hybridized carbons (Fsp3) is 0.250. The van der Waals surface area contributed by atoms with Crippen LogP contribution in [0.1, 0.15) is 17.3 Å². The van der Waals surface area contributed by atoms with Crippen LogP contribution in [0.25, 0.3) is 0 Å². The number of nitrogens with one attached hydrogen (secondary N) is 2. The van der Waals surface area contributed by atoms with E-state index in [1.54, 1.807) is 0 Å². The number of hydrogen-bond donors (Lipinski definition) is 3. The van der Waals surface area contributed by atoms with Gasteiger partial charge in [-0.2, -0.15) is 0 Å². The molecule has 3 amide bonds. The number of rotatable bonds is 3. The SMILES string of the molecule is CNC(=O)NC(=O)C(C)OC(=O)c1cc(F)ccc1N. The molecule has 0 aliphatic carbocycles. The van der Waals surface area contributed by atoms with Crippen molar-refractivity contribution in [3.05, 3.63) is 29.6 Å². The van der Waals surface area contributed by atoms with Crippen LogP contribution in [0.2, 0.25) is 0 Å². The maximum Gasteiger partial charge on any atom is 0.341 e. The molecule has 0 saturated heterocycles. The first-order valence-corrected chi connectivity index (χ1v) is 5.63. The van der Waals surface area contributed by atoms with Gasteiger partial charge in [-0.3, -0.25) is 10.1 Å². The van der Waals surface area contributed by atoms with Crippen molar-refractivity contribution in [3.8, 4) is 0 Å². The molecule has 0 heterocycles. The zero-order valence-corrected chi connectivity index (χ0v) is 10.9. The highest BCUT2D eigenvalue weighted by molar-refractivity contribution is 5.99. The highest BCUT2D eigenvalue weighted by Crippen LogP contribution is 2.15. The maximum atomic E-state index is 13.0. The molecule has 0 aromatic heterocycles. The van der Waals surface area contributed by atoms with Gasteiger partial charge in [0.1, 0.15) is 5.82 Å². The van der Waals surface area contributed by atoms with E-state index in [-0.39, 0.29) is 11.3 Å². The van der Waals surface area contributed by atoms with Gasteiger partial charge >= 0.3 is 12.0 Å². The Balaban J connectivity index is 2.72. The van der Waals surface area contributed by atoms with Crippen molar-refractivity contribution in [1.82, 2.24) is 10.6 Å². The van der Waals surface area contributed by atoms with Crippen LogP contribution in [-0.4, -0.2) is 31.1 Å². The average Bonchev–Trinajstić information content (AvgIpc) is 2.40. The van der Waals surface area contributed by atoms with Crippen LogP contribution in [0.4, 0.5) is 14.9 Å². The number of esters is 1. The molecule has 0 radical (unpaired) electrons. The summed E-state index contributed by atoms with van der Waals surface area (Å²) in [6, 6.07) is 2.47. The number of benzene rings is 1. The van der Waals surface area contributed by atoms with E-state index in [1.807, 2.05) is 5.32 Å². The molecule has 108 valence electrons. The second kappa shape index (κ2) is 6.50. The monoisotopic (exact) mass is 283 g/mol. The molecule has 8 heteroatoms. The Kier molecular flexibility index (Phi) is 5.01. The number of nitrogen functional groups attached to an aromatic ring is 1. The molecule has 0 bridgehead atoms. The van der Waals surface area contributed by atoms with Crippen LogP contribution >= 0.6 is 0 Å². The third kappa shape index (κ3) is 3.94. The zero-order chi connectivity index (χ0) is 15.3. The number of anilines is 1. The van der Waals surface area contributed by atoms with Crippen LogP contribution in [0.3, 0.4) is 0 Å². The molecule has 0 aliphatic rings. The first kappa shape index (κ1) is 15.4. The smallest absolute Gasteiger partial charge is 0.341 e. The molecule has 1 aromatic carbocycles. The molecule has 0 aliphatic heterocycles. The number of ether oxygens (including phenoxy) is 1. The van der Waals surface area contributed by atoms with Crippen LogP contribution in [0.5, 0.6) is 0 Å². The van der Waals surface area contributed by atoms with Gasteiger partial charge in [0, 0.05) is 12.7 Å². The minimum absolute atomic E-state index is 0.0234. The molecule has 1 rings (SSSR count). The van der Waals surface area contributed by atoms with Crippen molar-refractivity contribution in [2.45, 2.75) is 13.0 Å². The van der Waals surface area contributed by atoms with Crippen molar-refractivity contribution in [1.29, 1.82) is 0 Å². The van der Waals surface area contributed by atoms with E-state index >= 15 is 0 Å². The molecule has 20 heavy (non-hydrogen) atoms. The van der Waals surface area contributed by atoms with Gasteiger partial charge in [0.2, 0.25) is 0 Å². The number of carbonyl (C=O) groups excluding carboxylic acids is 3. The minimum Gasteiger partial charge on any atom is -0.449 e. The minimum atomic E-state index is -1.23. The van der Waals surface area contributed by atoms with E-state index in [0.29, 0.717) is 0 Å².